The molecule has 0 aliphatic carbocycles. The van der Waals surface area contributed by atoms with E-state index in [1.165, 1.54) is 30.0 Å². The first-order valence-corrected chi connectivity index (χ1v) is 15.3. The van der Waals surface area contributed by atoms with Crippen molar-refractivity contribution >= 4 is 35.1 Å². The minimum Gasteiger partial charge on any atom is -0.417 e. The van der Waals surface area contributed by atoms with E-state index in [9.17, 15) is 27.2 Å². The number of halogens is 4. The van der Waals surface area contributed by atoms with E-state index in [1.807, 2.05) is 35.2 Å². The number of amides is 3. The Bertz CT molecular complexity index is 1730. The standard InChI is InChI=1S/C33H33F4N7O3/c1-21-19-24(20-38-29(21)42-15-17-43(18-16-42)31(46)40-26-10-6-5-9-25(26)34)39-30(45)27-28(33(35,36)37)41-32(47-27)44-13-11-23(12-14-44)22-7-3-2-4-8-22/h2-10,19-20,23H,11-18H2,1H3,(H,39,45)(H,40,46). The number of benzene rings is 2. The zero-order valence-corrected chi connectivity index (χ0v) is 25.6. The number of hydrogen-bond acceptors (Lipinski definition) is 7. The summed E-state index contributed by atoms with van der Waals surface area (Å²) in [4.78, 5) is 39.0. The maximum absolute atomic E-state index is 14.0. The van der Waals surface area contributed by atoms with Crippen LogP contribution in [0.25, 0.3) is 0 Å². The lowest BCUT2D eigenvalue weighted by Crippen LogP contribution is -2.50. The molecule has 0 saturated carbocycles. The van der Waals surface area contributed by atoms with Crippen LogP contribution in [0.15, 0.2) is 71.3 Å². The molecule has 2 saturated heterocycles. The van der Waals surface area contributed by atoms with Gasteiger partial charge in [0.1, 0.15) is 11.6 Å². The number of hydrogen-bond donors (Lipinski definition) is 2. The monoisotopic (exact) mass is 651 g/mol. The lowest BCUT2D eigenvalue weighted by atomic mass is 9.90. The number of nitrogens with zero attached hydrogens (tertiary/aromatic N) is 5. The molecule has 0 bridgehead atoms. The molecule has 0 atom stereocenters. The third kappa shape index (κ3) is 7.16. The molecule has 2 aromatic carbocycles. The molecule has 0 radical (unpaired) electrons. The second-order valence-corrected chi connectivity index (χ2v) is 11.5. The van der Waals surface area contributed by atoms with Crippen LogP contribution in [0.3, 0.4) is 0 Å². The summed E-state index contributed by atoms with van der Waals surface area (Å²) in [6.07, 6.45) is -2.12. The Morgan fingerprint density at radius 2 is 1.57 bits per heavy atom. The molecule has 4 aromatic rings. The summed E-state index contributed by atoms with van der Waals surface area (Å²) < 4.78 is 61.3. The Balaban J connectivity index is 1.08. The van der Waals surface area contributed by atoms with E-state index in [2.05, 4.69) is 20.6 Å². The SMILES string of the molecule is Cc1cc(NC(=O)c2oc(N3CCC(c4ccccc4)CC3)nc2C(F)(F)F)cnc1N1CCN(C(=O)Nc2ccccc2F)CC1. The first kappa shape index (κ1) is 31.8. The topological polar surface area (TPSA) is 107 Å². The Morgan fingerprint density at radius 3 is 2.23 bits per heavy atom. The minimum absolute atomic E-state index is 0.0995. The van der Waals surface area contributed by atoms with Gasteiger partial charge in [-0.3, -0.25) is 4.79 Å². The molecular formula is C33H33F4N7O3. The highest BCUT2D eigenvalue weighted by Crippen LogP contribution is 2.36. The fourth-order valence-corrected chi connectivity index (χ4v) is 5.95. The van der Waals surface area contributed by atoms with Crippen LogP contribution in [0.1, 0.15) is 46.1 Å². The first-order chi connectivity index (χ1) is 22.6. The summed E-state index contributed by atoms with van der Waals surface area (Å²) in [5, 5.41) is 5.05. The number of aryl methyl sites for hydroxylation is 1. The molecule has 6 rings (SSSR count). The number of aromatic nitrogens is 2. The van der Waals surface area contributed by atoms with Crippen LogP contribution in [-0.4, -0.2) is 66.1 Å². The molecule has 2 N–H and O–H groups in total. The van der Waals surface area contributed by atoms with E-state index in [4.69, 9.17) is 4.42 Å². The summed E-state index contributed by atoms with van der Waals surface area (Å²) in [7, 11) is 0. The van der Waals surface area contributed by atoms with Crippen LogP contribution < -0.4 is 20.4 Å². The van der Waals surface area contributed by atoms with E-state index in [0.717, 1.165) is 0 Å². The van der Waals surface area contributed by atoms with E-state index in [1.54, 1.807) is 28.9 Å². The Hall–Kier alpha value is -5.14. The van der Waals surface area contributed by atoms with Crippen LogP contribution in [-0.2, 0) is 6.18 Å². The zero-order valence-electron chi connectivity index (χ0n) is 25.6. The number of carbonyl (C=O) groups is 2. The molecule has 2 aromatic heterocycles. The fraction of sp³-hybridized carbons (Fsp3) is 0.333. The largest absolute Gasteiger partial charge is 0.437 e. The van der Waals surface area contributed by atoms with Crippen molar-refractivity contribution in [2.75, 3.05) is 59.7 Å². The summed E-state index contributed by atoms with van der Waals surface area (Å²) in [6.45, 7) is 4.25. The molecule has 0 spiro atoms. The molecular weight excluding hydrogens is 618 g/mol. The molecule has 4 heterocycles. The van der Waals surface area contributed by atoms with Gasteiger partial charge in [0, 0.05) is 39.3 Å². The third-order valence-electron chi connectivity index (χ3n) is 8.42. The molecule has 2 aliphatic rings. The first-order valence-electron chi connectivity index (χ1n) is 15.3. The quantitative estimate of drug-likeness (QED) is 0.229. The number of oxazole rings is 1. The van der Waals surface area contributed by atoms with Gasteiger partial charge in [0.15, 0.2) is 5.69 Å². The normalized spacial score (nSPS) is 15.9. The van der Waals surface area contributed by atoms with Crippen LogP contribution in [0.4, 0.5) is 45.6 Å². The van der Waals surface area contributed by atoms with Crippen molar-refractivity contribution in [1.82, 2.24) is 14.9 Å². The smallest absolute Gasteiger partial charge is 0.417 e. The molecule has 47 heavy (non-hydrogen) atoms. The number of piperidine rings is 1. The summed E-state index contributed by atoms with van der Waals surface area (Å²) in [5.74, 6) is -1.64. The van der Waals surface area contributed by atoms with Gasteiger partial charge in [0.05, 0.1) is 17.6 Å². The lowest BCUT2D eigenvalue weighted by molar-refractivity contribution is -0.141. The number of nitrogens with one attached hydrogen (secondary N) is 2. The predicted octanol–water partition coefficient (Wildman–Crippen LogP) is 6.53. The van der Waals surface area contributed by atoms with Gasteiger partial charge < -0.3 is 29.8 Å². The summed E-state index contributed by atoms with van der Waals surface area (Å²) in [5.41, 5.74) is 0.754. The number of anilines is 4. The number of para-hydroxylation sites is 1. The summed E-state index contributed by atoms with van der Waals surface area (Å²) >= 11 is 0. The highest BCUT2D eigenvalue weighted by molar-refractivity contribution is 6.03. The molecule has 246 valence electrons. The average Bonchev–Trinajstić information content (AvgIpc) is 3.54. The van der Waals surface area contributed by atoms with Crippen molar-refractivity contribution < 1.29 is 31.6 Å². The van der Waals surface area contributed by atoms with Crippen LogP contribution in [0.2, 0.25) is 0 Å². The van der Waals surface area contributed by atoms with Gasteiger partial charge in [0.25, 0.3) is 11.9 Å². The maximum atomic E-state index is 14.0. The van der Waals surface area contributed by atoms with Gasteiger partial charge in [-0.2, -0.15) is 18.2 Å². The van der Waals surface area contributed by atoms with Gasteiger partial charge in [0.2, 0.25) is 5.76 Å². The molecule has 2 aliphatic heterocycles. The van der Waals surface area contributed by atoms with Crippen molar-refractivity contribution in [3.05, 3.63) is 95.3 Å². The van der Waals surface area contributed by atoms with Crippen molar-refractivity contribution in [2.45, 2.75) is 31.9 Å². The predicted molar refractivity (Wildman–Crippen MR) is 168 cm³/mol. The van der Waals surface area contributed by atoms with Gasteiger partial charge in [-0.15, -0.1) is 0 Å². The van der Waals surface area contributed by atoms with E-state index in [-0.39, 0.29) is 23.3 Å². The maximum Gasteiger partial charge on any atom is 0.437 e. The van der Waals surface area contributed by atoms with Gasteiger partial charge >= 0.3 is 12.2 Å². The Labute approximate surface area is 268 Å². The number of urea groups is 1. The van der Waals surface area contributed by atoms with Crippen molar-refractivity contribution in [3.63, 3.8) is 0 Å². The zero-order chi connectivity index (χ0) is 33.1. The van der Waals surface area contributed by atoms with E-state index in [0.29, 0.717) is 63.5 Å². The number of alkyl halides is 3. The highest BCUT2D eigenvalue weighted by Gasteiger charge is 2.42. The lowest BCUT2D eigenvalue weighted by Gasteiger charge is -2.36. The molecule has 10 nitrogen and oxygen atoms in total. The van der Waals surface area contributed by atoms with Crippen molar-refractivity contribution in [1.29, 1.82) is 0 Å². The number of piperazine rings is 1. The number of rotatable bonds is 6. The number of carbonyl (C=O) groups excluding carboxylic acids is 2. The molecule has 0 unspecified atom stereocenters. The van der Waals surface area contributed by atoms with Crippen molar-refractivity contribution in [3.8, 4) is 0 Å². The fourth-order valence-electron chi connectivity index (χ4n) is 5.95. The second-order valence-electron chi connectivity index (χ2n) is 11.5. The minimum atomic E-state index is -4.90. The molecule has 14 heteroatoms. The third-order valence-corrected chi connectivity index (χ3v) is 8.42. The average molecular weight is 652 g/mol. The summed E-state index contributed by atoms with van der Waals surface area (Å²) in [6, 6.07) is 16.8. The van der Waals surface area contributed by atoms with Gasteiger partial charge in [-0.25, -0.2) is 14.2 Å². The van der Waals surface area contributed by atoms with E-state index >= 15 is 0 Å². The van der Waals surface area contributed by atoms with Crippen LogP contribution in [0.5, 0.6) is 0 Å². The van der Waals surface area contributed by atoms with Crippen LogP contribution >= 0.6 is 0 Å². The molecule has 3 amide bonds. The Morgan fingerprint density at radius 1 is 0.894 bits per heavy atom. The van der Waals surface area contributed by atoms with Gasteiger partial charge in [-0.1, -0.05) is 42.5 Å². The van der Waals surface area contributed by atoms with E-state index < -0.39 is 35.4 Å². The number of pyridine rings is 1. The van der Waals surface area contributed by atoms with Gasteiger partial charge in [-0.05, 0) is 55.0 Å². The second kappa shape index (κ2) is 13.3. The highest BCUT2D eigenvalue weighted by atomic mass is 19.4. The molecule has 2 fully saturated rings. The Kier molecular flexibility index (Phi) is 9.01. The van der Waals surface area contributed by atoms with Crippen LogP contribution in [0, 0.1) is 12.7 Å². The van der Waals surface area contributed by atoms with Crippen molar-refractivity contribution in [2.24, 2.45) is 0 Å².